The predicted octanol–water partition coefficient (Wildman–Crippen LogP) is 15.3. The lowest BCUT2D eigenvalue weighted by Crippen LogP contribution is -1.94. The van der Waals surface area contributed by atoms with Crippen LogP contribution in [0.25, 0.3) is 0 Å². The molecule has 0 unspecified atom stereocenters. The van der Waals surface area contributed by atoms with Crippen LogP contribution in [-0.4, -0.2) is 10.2 Å². The van der Waals surface area contributed by atoms with E-state index in [1.807, 2.05) is 0 Å². The molecule has 0 fully saturated rings. The molecule has 0 aromatic carbocycles. The van der Waals surface area contributed by atoms with E-state index in [-0.39, 0.29) is 0 Å². The van der Waals surface area contributed by atoms with Gasteiger partial charge in [0.25, 0.3) is 0 Å². The zero-order valence-corrected chi connectivity index (χ0v) is 31.6. The summed E-state index contributed by atoms with van der Waals surface area (Å²) in [6, 6.07) is 0. The standard InChI is InChI=1S/C41H85Si/c1-3-5-7-9-11-13-15-17-19-21-23-25-27-29-31-33-35-37-39-41(42)40-38-36-34-32-30-28-26-24-22-20-18-16-14-12-10-8-6-4-2/h41H,3-40,42H2,1-2H3. The summed E-state index contributed by atoms with van der Waals surface area (Å²) in [6.45, 7) is 4.62. The van der Waals surface area contributed by atoms with Crippen molar-refractivity contribution in [2.45, 2.75) is 263 Å². The summed E-state index contributed by atoms with van der Waals surface area (Å²) in [5, 5.41) is 0. The molecule has 42 heavy (non-hydrogen) atoms. The van der Waals surface area contributed by atoms with Crippen molar-refractivity contribution < 1.29 is 0 Å². The Hall–Kier alpha value is 0.217. The Bertz CT molecular complexity index is 406. The molecule has 0 N–H and O–H groups in total. The van der Waals surface area contributed by atoms with E-state index in [1.54, 1.807) is 0 Å². The first-order valence-electron chi connectivity index (χ1n) is 20.6. The summed E-state index contributed by atoms with van der Waals surface area (Å²) < 4.78 is 0. The van der Waals surface area contributed by atoms with Crippen LogP contribution in [0.3, 0.4) is 0 Å². The predicted molar refractivity (Wildman–Crippen MR) is 199 cm³/mol. The van der Waals surface area contributed by atoms with Crippen molar-refractivity contribution in [2.24, 2.45) is 0 Å². The molecule has 1 radical (unpaired) electrons. The summed E-state index contributed by atoms with van der Waals surface area (Å²) in [4.78, 5) is 0. The van der Waals surface area contributed by atoms with E-state index in [4.69, 9.17) is 0 Å². The highest BCUT2D eigenvalue weighted by molar-refractivity contribution is 6.11. The van der Waals surface area contributed by atoms with Crippen molar-refractivity contribution in [1.29, 1.82) is 0 Å². The van der Waals surface area contributed by atoms with Gasteiger partial charge in [0.2, 0.25) is 0 Å². The van der Waals surface area contributed by atoms with E-state index in [2.05, 4.69) is 24.1 Å². The van der Waals surface area contributed by atoms with Crippen molar-refractivity contribution >= 4 is 10.2 Å². The van der Waals surface area contributed by atoms with Gasteiger partial charge in [-0.25, -0.2) is 0 Å². The zero-order valence-electron chi connectivity index (χ0n) is 30.2. The number of hydrogen-bond acceptors (Lipinski definition) is 0. The average molecular weight is 606 g/mol. The summed E-state index contributed by atoms with van der Waals surface area (Å²) in [5.74, 6) is 0. The van der Waals surface area contributed by atoms with Crippen LogP contribution in [0.4, 0.5) is 0 Å². The van der Waals surface area contributed by atoms with Crippen molar-refractivity contribution in [3.05, 3.63) is 0 Å². The van der Waals surface area contributed by atoms with Gasteiger partial charge in [0.1, 0.15) is 0 Å². The fourth-order valence-corrected chi connectivity index (χ4v) is 7.39. The van der Waals surface area contributed by atoms with Crippen LogP contribution in [0.1, 0.15) is 258 Å². The van der Waals surface area contributed by atoms with Crippen LogP contribution in [0.5, 0.6) is 0 Å². The maximum Gasteiger partial charge on any atom is 0.0121 e. The highest BCUT2D eigenvalue weighted by atomic mass is 28.1. The molecule has 253 valence electrons. The monoisotopic (exact) mass is 606 g/mol. The maximum absolute atomic E-state index is 2.31. The minimum atomic E-state index is 0.993. The first-order valence-corrected chi connectivity index (χ1v) is 21.5. The van der Waals surface area contributed by atoms with Crippen molar-refractivity contribution in [3.8, 4) is 0 Å². The van der Waals surface area contributed by atoms with Gasteiger partial charge in [0, 0.05) is 10.2 Å². The third-order valence-corrected chi connectivity index (χ3v) is 10.7. The van der Waals surface area contributed by atoms with Crippen molar-refractivity contribution in [3.63, 3.8) is 0 Å². The fourth-order valence-electron chi connectivity index (χ4n) is 6.81. The summed E-state index contributed by atoms with van der Waals surface area (Å²) in [6.07, 6.45) is 56.3. The smallest absolute Gasteiger partial charge is 0.0121 e. The van der Waals surface area contributed by atoms with E-state index >= 15 is 0 Å². The second-order valence-corrected chi connectivity index (χ2v) is 15.6. The molecule has 0 atom stereocenters. The minimum absolute atomic E-state index is 0.993. The molecule has 0 aromatic rings. The fraction of sp³-hybridized carbons (Fsp3) is 1.00. The quantitative estimate of drug-likeness (QED) is 0.0485. The number of unbranched alkanes of at least 4 members (excludes halogenated alkanes) is 34. The SMILES string of the molecule is CCCCCCCCCCCCCCCCCCCCC([SiH2])CCCCCCCCCCCCCCCCCCCC. The Balaban J connectivity index is 3.13. The van der Waals surface area contributed by atoms with E-state index < -0.39 is 0 Å². The topological polar surface area (TPSA) is 0 Å². The second kappa shape index (κ2) is 39.2. The van der Waals surface area contributed by atoms with Gasteiger partial charge in [0.05, 0.1) is 0 Å². The van der Waals surface area contributed by atoms with Crippen LogP contribution in [0.15, 0.2) is 0 Å². The lowest BCUT2D eigenvalue weighted by Gasteiger charge is -2.11. The van der Waals surface area contributed by atoms with E-state index in [0.717, 1.165) is 5.54 Å². The summed E-state index contributed by atoms with van der Waals surface area (Å²) in [5.41, 5.74) is 0.993. The van der Waals surface area contributed by atoms with Gasteiger partial charge in [-0.3, -0.25) is 0 Å². The molecule has 0 rings (SSSR count). The third-order valence-electron chi connectivity index (χ3n) is 9.93. The highest BCUT2D eigenvalue weighted by Gasteiger charge is 2.03. The molecule has 0 saturated heterocycles. The van der Waals surface area contributed by atoms with Gasteiger partial charge in [-0.1, -0.05) is 263 Å². The lowest BCUT2D eigenvalue weighted by molar-refractivity contribution is 0.510. The van der Waals surface area contributed by atoms with E-state index in [0.29, 0.717) is 0 Å². The van der Waals surface area contributed by atoms with Crippen LogP contribution >= 0.6 is 0 Å². The number of rotatable bonds is 38. The Morgan fingerprint density at radius 2 is 0.381 bits per heavy atom. The first-order chi connectivity index (χ1) is 20.8. The molecule has 0 aromatic heterocycles. The van der Waals surface area contributed by atoms with Crippen LogP contribution in [0.2, 0.25) is 5.54 Å². The molecule has 0 spiro atoms. The molecule has 0 aliphatic carbocycles. The molecular weight excluding hydrogens is 521 g/mol. The van der Waals surface area contributed by atoms with Gasteiger partial charge in [0.15, 0.2) is 0 Å². The van der Waals surface area contributed by atoms with Crippen LogP contribution in [0, 0.1) is 0 Å². The zero-order chi connectivity index (χ0) is 30.4. The molecule has 0 bridgehead atoms. The molecule has 0 saturated carbocycles. The molecule has 0 aliphatic heterocycles. The lowest BCUT2D eigenvalue weighted by atomic mass is 10.0. The van der Waals surface area contributed by atoms with Gasteiger partial charge >= 0.3 is 0 Å². The van der Waals surface area contributed by atoms with E-state index in [9.17, 15) is 0 Å². The number of hydrogen-bond donors (Lipinski definition) is 0. The van der Waals surface area contributed by atoms with Crippen LogP contribution < -0.4 is 0 Å². The first kappa shape index (κ1) is 42.2. The van der Waals surface area contributed by atoms with Crippen LogP contribution in [-0.2, 0) is 0 Å². The summed E-state index contributed by atoms with van der Waals surface area (Å²) >= 11 is 0. The molecular formula is C41H85Si. The Labute approximate surface area is 273 Å². The molecule has 0 amide bonds. The average Bonchev–Trinajstić information content (AvgIpc) is 3.00. The van der Waals surface area contributed by atoms with Gasteiger partial charge in [-0.05, 0) is 0 Å². The van der Waals surface area contributed by atoms with Gasteiger partial charge < -0.3 is 0 Å². The third kappa shape index (κ3) is 38.2. The second-order valence-electron chi connectivity index (χ2n) is 14.5. The normalized spacial score (nSPS) is 11.7. The van der Waals surface area contributed by atoms with Gasteiger partial charge in [-0.2, -0.15) is 0 Å². The Kier molecular flexibility index (Phi) is 39.4. The van der Waals surface area contributed by atoms with Crippen molar-refractivity contribution in [2.75, 3.05) is 0 Å². The highest BCUT2D eigenvalue weighted by Crippen LogP contribution is 2.22. The van der Waals surface area contributed by atoms with E-state index in [1.165, 1.54) is 244 Å². The Morgan fingerprint density at radius 1 is 0.238 bits per heavy atom. The largest absolute Gasteiger partial charge is 0.0654 e. The van der Waals surface area contributed by atoms with Crippen molar-refractivity contribution in [1.82, 2.24) is 0 Å². The molecule has 1 heteroatoms. The minimum Gasteiger partial charge on any atom is -0.0654 e. The summed E-state index contributed by atoms with van der Waals surface area (Å²) in [7, 11) is 2.30. The Morgan fingerprint density at radius 3 is 0.548 bits per heavy atom. The molecule has 0 aliphatic rings. The van der Waals surface area contributed by atoms with Gasteiger partial charge in [-0.15, -0.1) is 0 Å². The molecule has 0 nitrogen and oxygen atoms in total. The molecule has 0 heterocycles. The maximum atomic E-state index is 2.31.